The van der Waals surface area contributed by atoms with E-state index in [0.29, 0.717) is 6.07 Å². The predicted octanol–water partition coefficient (Wildman–Crippen LogP) is 3.42. The summed E-state index contributed by atoms with van der Waals surface area (Å²) in [7, 11) is 1.50. The van der Waals surface area contributed by atoms with E-state index in [1.54, 1.807) is 19.3 Å². The Hall–Kier alpha value is -4.10. The molecule has 36 heavy (non-hydrogen) atoms. The summed E-state index contributed by atoms with van der Waals surface area (Å²) < 4.78 is 27.6. The van der Waals surface area contributed by atoms with E-state index < -0.39 is 29.0 Å². The van der Waals surface area contributed by atoms with Gasteiger partial charge in [0.1, 0.15) is 17.2 Å². The van der Waals surface area contributed by atoms with Crippen molar-refractivity contribution in [1.82, 2.24) is 20.1 Å². The third kappa shape index (κ3) is 3.91. The van der Waals surface area contributed by atoms with Crippen LogP contribution in [-0.2, 0) is 10.3 Å². The smallest absolute Gasteiger partial charge is 0.254 e. The van der Waals surface area contributed by atoms with Crippen LogP contribution < -0.4 is 5.32 Å². The fourth-order valence-electron chi connectivity index (χ4n) is 4.76. The molecule has 1 aromatic carbocycles. The Morgan fingerprint density at radius 1 is 1.19 bits per heavy atom. The van der Waals surface area contributed by atoms with Gasteiger partial charge in [0, 0.05) is 60.2 Å². The third-order valence-electron chi connectivity index (χ3n) is 6.52. The molecular formula is C26H21F2N5O2S. The predicted molar refractivity (Wildman–Crippen MR) is 131 cm³/mol. The highest BCUT2D eigenvalue weighted by Crippen LogP contribution is 2.44. The third-order valence-corrected chi connectivity index (χ3v) is 7.63. The lowest BCUT2D eigenvalue weighted by atomic mass is 9.82. The lowest BCUT2D eigenvalue weighted by molar-refractivity contribution is -0.134. The van der Waals surface area contributed by atoms with Gasteiger partial charge >= 0.3 is 0 Å². The number of carbonyl (C=O) groups excluding carboxylic acids is 2. The maximum absolute atomic E-state index is 13.8. The van der Waals surface area contributed by atoms with E-state index in [1.165, 1.54) is 28.2 Å². The van der Waals surface area contributed by atoms with Gasteiger partial charge in [0.2, 0.25) is 5.91 Å². The number of hydrogen-bond donors (Lipinski definition) is 2. The van der Waals surface area contributed by atoms with E-state index in [4.69, 9.17) is 5.41 Å². The number of amides is 2. The van der Waals surface area contributed by atoms with Crippen LogP contribution in [0.3, 0.4) is 0 Å². The second kappa shape index (κ2) is 8.84. The molecule has 0 radical (unpaired) electrons. The summed E-state index contributed by atoms with van der Waals surface area (Å²) in [6.45, 7) is 1.84. The van der Waals surface area contributed by atoms with Gasteiger partial charge < -0.3 is 10.2 Å². The molecule has 10 heteroatoms. The van der Waals surface area contributed by atoms with Gasteiger partial charge in [-0.3, -0.25) is 24.9 Å². The molecule has 2 fully saturated rings. The van der Waals surface area contributed by atoms with Crippen LogP contribution in [0.4, 0.5) is 8.78 Å². The summed E-state index contributed by atoms with van der Waals surface area (Å²) in [5, 5.41) is 13.5. The van der Waals surface area contributed by atoms with Crippen molar-refractivity contribution in [2.24, 2.45) is 5.92 Å². The number of rotatable bonds is 3. The molecule has 182 valence electrons. The van der Waals surface area contributed by atoms with Gasteiger partial charge in [-0.1, -0.05) is 5.92 Å². The minimum atomic E-state index is -1.06. The molecule has 0 aliphatic carbocycles. The van der Waals surface area contributed by atoms with E-state index in [0.717, 1.165) is 33.7 Å². The highest BCUT2D eigenvalue weighted by molar-refractivity contribution is 7.10. The van der Waals surface area contributed by atoms with Crippen molar-refractivity contribution < 1.29 is 18.4 Å². The molecule has 5 rings (SSSR count). The number of nitrogens with zero attached hydrogens (tertiary/aromatic N) is 3. The Balaban J connectivity index is 1.54. The molecule has 2 aliphatic heterocycles. The van der Waals surface area contributed by atoms with Gasteiger partial charge in [-0.15, -0.1) is 17.3 Å². The summed E-state index contributed by atoms with van der Waals surface area (Å²) in [6.07, 6.45) is 3.40. The first-order valence-corrected chi connectivity index (χ1v) is 12.0. The maximum atomic E-state index is 13.8. The summed E-state index contributed by atoms with van der Waals surface area (Å²) >= 11 is 1.41. The zero-order chi connectivity index (χ0) is 25.6. The van der Waals surface area contributed by atoms with Crippen molar-refractivity contribution in [1.29, 1.82) is 5.41 Å². The number of pyridine rings is 1. The normalized spacial score (nSPS) is 21.1. The number of guanidine groups is 1. The molecule has 0 spiro atoms. The molecule has 2 aliphatic rings. The molecule has 7 nitrogen and oxygen atoms in total. The number of halogens is 2. The zero-order valence-corrected chi connectivity index (χ0v) is 20.2. The number of likely N-dealkylation sites (tertiary alicyclic amines) is 1. The van der Waals surface area contributed by atoms with Crippen LogP contribution in [-0.4, -0.2) is 52.7 Å². The van der Waals surface area contributed by atoms with Crippen molar-refractivity contribution in [3.05, 3.63) is 75.7 Å². The van der Waals surface area contributed by atoms with Crippen LogP contribution in [0.1, 0.15) is 27.7 Å². The number of thiophene rings is 1. The molecule has 0 saturated carbocycles. The van der Waals surface area contributed by atoms with Crippen LogP contribution in [0.2, 0.25) is 0 Å². The SMILES string of the molecule is CC#Cc1cncc(-c2csc([C@]34CN(C(=O)c5cc(F)cc(F)c5)CC3C(=O)N(C)C(=N)N4)c2)c1. The quantitative estimate of drug-likeness (QED) is 0.534. The fourth-order valence-corrected chi connectivity index (χ4v) is 5.89. The summed E-state index contributed by atoms with van der Waals surface area (Å²) in [5.74, 6) is 2.45. The topological polar surface area (TPSA) is 89.4 Å². The summed E-state index contributed by atoms with van der Waals surface area (Å²) in [5.41, 5.74) is 1.30. The van der Waals surface area contributed by atoms with Crippen molar-refractivity contribution >= 4 is 29.1 Å². The maximum Gasteiger partial charge on any atom is 0.254 e. The van der Waals surface area contributed by atoms with E-state index in [2.05, 4.69) is 22.1 Å². The molecule has 2 amide bonds. The first-order chi connectivity index (χ1) is 17.2. The molecular weight excluding hydrogens is 484 g/mol. The second-order valence-corrected chi connectivity index (χ2v) is 9.69. The van der Waals surface area contributed by atoms with Gasteiger partial charge in [0.15, 0.2) is 5.96 Å². The van der Waals surface area contributed by atoms with Crippen LogP contribution in [0.15, 0.2) is 48.1 Å². The summed E-state index contributed by atoms with van der Waals surface area (Å²) in [4.78, 5) is 34.2. The van der Waals surface area contributed by atoms with Crippen molar-refractivity contribution in [2.75, 3.05) is 20.1 Å². The Labute approximate surface area is 210 Å². The molecule has 2 saturated heterocycles. The highest BCUT2D eigenvalue weighted by atomic mass is 32.1. The Morgan fingerprint density at radius 3 is 2.67 bits per heavy atom. The molecule has 3 aromatic rings. The highest BCUT2D eigenvalue weighted by Gasteiger charge is 2.57. The molecule has 0 bridgehead atoms. The van der Waals surface area contributed by atoms with Gasteiger partial charge in [0.05, 0.1) is 5.92 Å². The van der Waals surface area contributed by atoms with Crippen molar-refractivity contribution in [2.45, 2.75) is 12.5 Å². The largest absolute Gasteiger partial charge is 0.343 e. The molecule has 2 N–H and O–H groups in total. The Kier molecular flexibility index (Phi) is 5.80. The van der Waals surface area contributed by atoms with Gasteiger partial charge in [-0.25, -0.2) is 8.78 Å². The van der Waals surface area contributed by atoms with E-state index in [1.807, 2.05) is 17.5 Å². The number of hydrogen-bond acceptors (Lipinski definition) is 5. The average molecular weight is 506 g/mol. The standard InChI is InChI=1S/C26H21F2N5O2S/c1-3-4-15-5-17(11-30-10-15)18-8-22(36-13-18)26-14-33(12-21(26)24(35)32(2)25(29)31-26)23(34)16-6-19(27)9-20(28)7-16/h5-11,13,21H,12,14H2,1-2H3,(H2,29,31)/t21?,26-/m0/s1. The average Bonchev–Trinajstić information content (AvgIpc) is 3.49. The zero-order valence-electron chi connectivity index (χ0n) is 19.4. The molecule has 2 atom stereocenters. The van der Waals surface area contributed by atoms with Crippen LogP contribution in [0.25, 0.3) is 11.1 Å². The second-order valence-electron chi connectivity index (χ2n) is 8.78. The number of nitrogens with one attached hydrogen (secondary N) is 2. The summed E-state index contributed by atoms with van der Waals surface area (Å²) in [6, 6.07) is 6.50. The number of carbonyl (C=O) groups is 2. The molecule has 4 heterocycles. The molecule has 2 aromatic heterocycles. The van der Waals surface area contributed by atoms with Gasteiger partial charge in [-0.05, 0) is 42.1 Å². The van der Waals surface area contributed by atoms with Crippen LogP contribution >= 0.6 is 11.3 Å². The minimum absolute atomic E-state index is 0.0385. The monoisotopic (exact) mass is 505 g/mol. The number of fused-ring (bicyclic) bond motifs is 1. The van der Waals surface area contributed by atoms with E-state index in [-0.39, 0.29) is 30.5 Å². The lowest BCUT2D eigenvalue weighted by Gasteiger charge is -2.42. The van der Waals surface area contributed by atoms with Crippen LogP contribution in [0, 0.1) is 34.8 Å². The van der Waals surface area contributed by atoms with Gasteiger partial charge in [0.25, 0.3) is 5.91 Å². The minimum Gasteiger partial charge on any atom is -0.343 e. The first-order valence-electron chi connectivity index (χ1n) is 11.1. The fraction of sp³-hybridized carbons (Fsp3) is 0.231. The first kappa shape index (κ1) is 23.6. The number of aromatic nitrogens is 1. The van der Waals surface area contributed by atoms with Crippen LogP contribution in [0.5, 0.6) is 0 Å². The van der Waals surface area contributed by atoms with E-state index in [9.17, 15) is 18.4 Å². The van der Waals surface area contributed by atoms with Gasteiger partial charge in [-0.2, -0.15) is 0 Å². The Morgan fingerprint density at radius 2 is 1.94 bits per heavy atom. The Bertz CT molecular complexity index is 1460. The molecule has 1 unspecified atom stereocenters. The van der Waals surface area contributed by atoms with Crippen molar-refractivity contribution in [3.8, 4) is 23.0 Å². The van der Waals surface area contributed by atoms with E-state index >= 15 is 0 Å². The number of benzene rings is 1. The van der Waals surface area contributed by atoms with Crippen molar-refractivity contribution in [3.63, 3.8) is 0 Å². The lowest BCUT2D eigenvalue weighted by Crippen LogP contribution is -2.64.